The Bertz CT molecular complexity index is 1840. The average molecular weight is 621 g/mol. The fourth-order valence-electron chi connectivity index (χ4n) is 6.69. The van der Waals surface area contributed by atoms with Gasteiger partial charge < -0.3 is 14.5 Å². The number of piperidine rings is 1. The number of carboxylic acid groups (broad SMARTS) is 1. The quantitative estimate of drug-likeness (QED) is 0.231. The molecular formula is C33H28ClF3N4O3. The maximum Gasteiger partial charge on any atom is 0.417 e. The van der Waals surface area contributed by atoms with Gasteiger partial charge in [0.25, 0.3) is 0 Å². The highest BCUT2D eigenvalue weighted by Gasteiger charge is 2.43. The topological polar surface area (TPSA) is 92.4 Å². The van der Waals surface area contributed by atoms with Crippen LogP contribution in [0.4, 0.5) is 18.9 Å². The van der Waals surface area contributed by atoms with Crippen LogP contribution in [0.1, 0.15) is 77.4 Å². The molecule has 0 bridgehead atoms. The maximum atomic E-state index is 13.9. The number of alkyl halides is 3. The molecule has 1 aromatic carbocycles. The molecule has 226 valence electrons. The molecule has 3 aliphatic rings. The molecule has 0 unspecified atom stereocenters. The first-order valence-corrected chi connectivity index (χ1v) is 14.9. The zero-order chi connectivity index (χ0) is 30.8. The van der Waals surface area contributed by atoms with Crippen LogP contribution in [0.5, 0.6) is 0 Å². The van der Waals surface area contributed by atoms with Gasteiger partial charge >= 0.3 is 12.1 Å². The molecule has 1 saturated heterocycles. The molecular weight excluding hydrogens is 593 g/mol. The van der Waals surface area contributed by atoms with E-state index in [1.807, 2.05) is 0 Å². The summed E-state index contributed by atoms with van der Waals surface area (Å²) in [7, 11) is 0. The molecule has 7 nitrogen and oxygen atoms in total. The van der Waals surface area contributed by atoms with Crippen LogP contribution in [-0.4, -0.2) is 39.3 Å². The van der Waals surface area contributed by atoms with Crippen molar-refractivity contribution in [1.82, 2.24) is 15.1 Å². The van der Waals surface area contributed by atoms with Gasteiger partial charge in [-0.15, -0.1) is 0 Å². The Morgan fingerprint density at radius 2 is 1.91 bits per heavy atom. The van der Waals surface area contributed by atoms with Gasteiger partial charge in [0.15, 0.2) is 0 Å². The molecule has 3 aromatic heterocycles. The third-order valence-electron chi connectivity index (χ3n) is 9.15. The van der Waals surface area contributed by atoms with Crippen molar-refractivity contribution >= 4 is 46.3 Å². The Morgan fingerprint density at radius 1 is 1.16 bits per heavy atom. The number of halogens is 4. The van der Waals surface area contributed by atoms with Gasteiger partial charge in [-0.3, -0.25) is 4.98 Å². The third-order valence-corrected chi connectivity index (χ3v) is 9.43. The molecule has 1 spiro atoms. The van der Waals surface area contributed by atoms with Crippen molar-refractivity contribution in [3.8, 4) is 11.3 Å². The largest absolute Gasteiger partial charge is 0.477 e. The summed E-state index contributed by atoms with van der Waals surface area (Å²) in [4.78, 5) is 21.6. The van der Waals surface area contributed by atoms with Crippen LogP contribution in [0.15, 0.2) is 53.3 Å². The second kappa shape index (κ2) is 10.5. The van der Waals surface area contributed by atoms with Gasteiger partial charge in [0.2, 0.25) is 0 Å². The van der Waals surface area contributed by atoms with Crippen molar-refractivity contribution in [3.63, 3.8) is 0 Å². The second-order valence-corrected chi connectivity index (χ2v) is 12.5. The van der Waals surface area contributed by atoms with Crippen molar-refractivity contribution < 1.29 is 27.6 Å². The van der Waals surface area contributed by atoms with Gasteiger partial charge in [-0.25, -0.2) is 9.78 Å². The molecule has 4 aromatic rings. The number of pyridine rings is 2. The summed E-state index contributed by atoms with van der Waals surface area (Å²) in [5.41, 5.74) is 3.76. The summed E-state index contributed by atoms with van der Waals surface area (Å²) in [6.07, 6.45) is 8.36. The predicted molar refractivity (Wildman–Crippen MR) is 162 cm³/mol. The first-order chi connectivity index (χ1) is 21.0. The summed E-state index contributed by atoms with van der Waals surface area (Å²) < 4.78 is 47.4. The molecule has 0 amide bonds. The number of benzene rings is 1. The van der Waals surface area contributed by atoms with E-state index in [4.69, 9.17) is 16.1 Å². The lowest BCUT2D eigenvalue weighted by molar-refractivity contribution is -0.136. The Kier molecular flexibility index (Phi) is 6.80. The molecule has 11 heteroatoms. The van der Waals surface area contributed by atoms with Gasteiger partial charge in [0.1, 0.15) is 17.1 Å². The normalized spacial score (nSPS) is 18.0. The second-order valence-electron chi connectivity index (χ2n) is 12.1. The van der Waals surface area contributed by atoms with E-state index in [1.54, 1.807) is 24.5 Å². The van der Waals surface area contributed by atoms with E-state index in [0.29, 0.717) is 41.5 Å². The monoisotopic (exact) mass is 620 g/mol. The summed E-state index contributed by atoms with van der Waals surface area (Å²) in [5.74, 6) is -0.243. The van der Waals surface area contributed by atoms with Crippen molar-refractivity contribution in [2.75, 3.05) is 18.0 Å². The maximum absolute atomic E-state index is 13.9. The molecule has 7 rings (SSSR count). The predicted octanol–water partition coefficient (Wildman–Crippen LogP) is 8.64. The Labute approximate surface area is 256 Å². The first kappa shape index (κ1) is 28.6. The van der Waals surface area contributed by atoms with Crippen LogP contribution in [0, 0.1) is 5.41 Å². The number of carbonyl (C=O) groups is 1. The SMILES string of the molecule is C=Cc1cncc(Cl)c1-c1noc(C2CC2)c1C=C1CC2(CCN(c3ccc4nc(C(=O)O)cc(C(F)(F)F)c4c3)CC2)C1. The first-order valence-electron chi connectivity index (χ1n) is 14.5. The molecule has 1 aliphatic heterocycles. The standard InChI is InChI=1S/C33H28ClF3N4O3/c1-2-19-16-38-17-25(34)28(19)29-23(30(44-40-29)20-3-4-20)11-18-14-32(15-18)7-9-41(10-8-32)21-5-6-26-22(12-21)24(33(35,36)37)13-27(39-26)31(42)43/h2,5-6,11-13,16-17,20H,1,3-4,7-10,14-15H2,(H,42,43). The van der Waals surface area contributed by atoms with Crippen LogP contribution in [0.3, 0.4) is 0 Å². The number of carboxylic acids is 1. The summed E-state index contributed by atoms with van der Waals surface area (Å²) in [6.45, 7) is 5.32. The smallest absolute Gasteiger partial charge is 0.417 e. The van der Waals surface area contributed by atoms with E-state index in [9.17, 15) is 23.1 Å². The van der Waals surface area contributed by atoms with Gasteiger partial charge in [0, 0.05) is 59.2 Å². The number of rotatable bonds is 6. The number of aromatic carboxylic acids is 1. The lowest BCUT2D eigenvalue weighted by Gasteiger charge is -2.50. The lowest BCUT2D eigenvalue weighted by atomic mass is 9.60. The zero-order valence-corrected chi connectivity index (χ0v) is 24.4. The third kappa shape index (κ3) is 5.04. The van der Waals surface area contributed by atoms with Crippen LogP contribution in [0.25, 0.3) is 34.3 Å². The van der Waals surface area contributed by atoms with Crippen molar-refractivity contribution in [3.05, 3.63) is 82.0 Å². The van der Waals surface area contributed by atoms with Crippen LogP contribution in [0.2, 0.25) is 5.02 Å². The Morgan fingerprint density at radius 3 is 2.57 bits per heavy atom. The number of hydrogen-bond acceptors (Lipinski definition) is 6. The zero-order valence-electron chi connectivity index (χ0n) is 23.6. The fourth-order valence-corrected chi connectivity index (χ4v) is 6.94. The molecule has 0 atom stereocenters. The molecule has 4 heterocycles. The van der Waals surface area contributed by atoms with Gasteiger partial charge in [0.05, 0.1) is 16.1 Å². The molecule has 0 radical (unpaired) electrons. The summed E-state index contributed by atoms with van der Waals surface area (Å²) in [5, 5.41) is 14.1. The highest BCUT2D eigenvalue weighted by atomic mass is 35.5. The lowest BCUT2D eigenvalue weighted by Crippen LogP contribution is -2.44. The number of nitrogens with zero attached hydrogens (tertiary/aromatic N) is 4. The minimum absolute atomic E-state index is 0.00941. The molecule has 2 saturated carbocycles. The van der Waals surface area contributed by atoms with Crippen molar-refractivity contribution in [2.24, 2.45) is 5.41 Å². The van der Waals surface area contributed by atoms with Gasteiger partial charge in [-0.05, 0) is 74.3 Å². The number of aromatic nitrogens is 3. The van der Waals surface area contributed by atoms with Crippen LogP contribution < -0.4 is 4.90 Å². The van der Waals surface area contributed by atoms with E-state index in [2.05, 4.69) is 32.7 Å². The average Bonchev–Trinajstić information content (AvgIpc) is 3.75. The van der Waals surface area contributed by atoms with Crippen molar-refractivity contribution in [2.45, 2.75) is 50.6 Å². The van der Waals surface area contributed by atoms with E-state index in [1.165, 1.54) is 17.7 Å². The van der Waals surface area contributed by atoms with Crippen LogP contribution >= 0.6 is 11.6 Å². The Hall–Kier alpha value is -4.18. The number of anilines is 1. The van der Waals surface area contributed by atoms with E-state index in [0.717, 1.165) is 61.0 Å². The minimum Gasteiger partial charge on any atom is -0.477 e. The number of hydrogen-bond donors (Lipinski definition) is 1. The highest BCUT2D eigenvalue weighted by Crippen LogP contribution is 2.54. The highest BCUT2D eigenvalue weighted by molar-refractivity contribution is 6.33. The van der Waals surface area contributed by atoms with E-state index < -0.39 is 23.4 Å². The number of fused-ring (bicyclic) bond motifs is 1. The van der Waals surface area contributed by atoms with E-state index in [-0.39, 0.29) is 16.3 Å². The van der Waals surface area contributed by atoms with Crippen LogP contribution in [-0.2, 0) is 6.18 Å². The van der Waals surface area contributed by atoms with Crippen molar-refractivity contribution in [1.29, 1.82) is 0 Å². The fraction of sp³-hybridized carbons (Fsp3) is 0.333. The molecule has 2 aliphatic carbocycles. The molecule has 44 heavy (non-hydrogen) atoms. The summed E-state index contributed by atoms with van der Waals surface area (Å²) >= 11 is 6.57. The van der Waals surface area contributed by atoms with Gasteiger partial charge in [-0.2, -0.15) is 13.2 Å². The molecule has 3 fully saturated rings. The van der Waals surface area contributed by atoms with Gasteiger partial charge in [-0.1, -0.05) is 35.0 Å². The Balaban J connectivity index is 1.10. The minimum atomic E-state index is -4.70. The molecule has 1 N–H and O–H groups in total. The summed E-state index contributed by atoms with van der Waals surface area (Å²) in [6, 6.07) is 5.29. The number of allylic oxidation sites excluding steroid dienone is 1. The van der Waals surface area contributed by atoms with E-state index >= 15 is 0 Å².